The SMILES string of the molecule is CCC(C)COc1ccc(N2CCN(C(=O)O)CC2)cc1. The maximum atomic E-state index is 10.9. The van der Waals surface area contributed by atoms with Gasteiger partial charge in [-0.2, -0.15) is 0 Å². The van der Waals surface area contributed by atoms with Crippen LogP contribution < -0.4 is 9.64 Å². The van der Waals surface area contributed by atoms with Gasteiger partial charge in [0.1, 0.15) is 5.75 Å². The van der Waals surface area contributed by atoms with Crippen LogP contribution in [0.5, 0.6) is 5.75 Å². The van der Waals surface area contributed by atoms with Crippen LogP contribution in [-0.4, -0.2) is 48.9 Å². The van der Waals surface area contributed by atoms with E-state index in [-0.39, 0.29) is 0 Å². The molecule has 1 atom stereocenters. The van der Waals surface area contributed by atoms with Gasteiger partial charge >= 0.3 is 6.09 Å². The van der Waals surface area contributed by atoms with Gasteiger partial charge in [0.05, 0.1) is 6.61 Å². The zero-order chi connectivity index (χ0) is 15.2. The van der Waals surface area contributed by atoms with E-state index in [1.807, 2.05) is 24.3 Å². The molecule has 0 aromatic heterocycles. The predicted octanol–water partition coefficient (Wildman–Crippen LogP) is 2.91. The molecule has 1 aliphatic heterocycles. The lowest BCUT2D eigenvalue weighted by molar-refractivity contribution is 0.142. The summed E-state index contributed by atoms with van der Waals surface area (Å²) in [7, 11) is 0. The van der Waals surface area contributed by atoms with Crippen molar-refractivity contribution in [2.24, 2.45) is 5.92 Å². The molecular formula is C16H24N2O3. The fraction of sp³-hybridized carbons (Fsp3) is 0.562. The molecule has 1 saturated heterocycles. The summed E-state index contributed by atoms with van der Waals surface area (Å²) < 4.78 is 5.75. The fourth-order valence-corrected chi connectivity index (χ4v) is 2.27. The lowest BCUT2D eigenvalue weighted by Crippen LogP contribution is -2.48. The molecule has 1 N–H and O–H groups in total. The van der Waals surface area contributed by atoms with Crippen LogP contribution in [0.15, 0.2) is 24.3 Å². The summed E-state index contributed by atoms with van der Waals surface area (Å²) in [5, 5.41) is 8.95. The van der Waals surface area contributed by atoms with Gasteiger partial charge in [-0.25, -0.2) is 4.79 Å². The van der Waals surface area contributed by atoms with Gasteiger partial charge in [-0.3, -0.25) is 0 Å². The van der Waals surface area contributed by atoms with E-state index < -0.39 is 6.09 Å². The summed E-state index contributed by atoms with van der Waals surface area (Å²) >= 11 is 0. The number of carboxylic acid groups (broad SMARTS) is 1. The van der Waals surface area contributed by atoms with Gasteiger partial charge in [-0.15, -0.1) is 0 Å². The molecule has 1 unspecified atom stereocenters. The Hall–Kier alpha value is -1.91. The Morgan fingerprint density at radius 1 is 1.24 bits per heavy atom. The molecule has 0 radical (unpaired) electrons. The first-order chi connectivity index (χ1) is 10.1. The molecule has 1 aliphatic rings. The first kappa shape index (κ1) is 15.5. The number of carbonyl (C=O) groups is 1. The van der Waals surface area contributed by atoms with Gasteiger partial charge < -0.3 is 19.6 Å². The second kappa shape index (κ2) is 7.20. The zero-order valence-electron chi connectivity index (χ0n) is 12.8. The Morgan fingerprint density at radius 2 is 1.86 bits per heavy atom. The van der Waals surface area contributed by atoms with Gasteiger partial charge in [0.15, 0.2) is 0 Å². The Kier molecular flexibility index (Phi) is 5.31. The van der Waals surface area contributed by atoms with Crippen LogP contribution in [0.3, 0.4) is 0 Å². The van der Waals surface area contributed by atoms with Crippen molar-refractivity contribution in [2.75, 3.05) is 37.7 Å². The normalized spacial score (nSPS) is 16.7. The Morgan fingerprint density at radius 3 is 2.38 bits per heavy atom. The minimum Gasteiger partial charge on any atom is -0.493 e. The number of hydrogen-bond donors (Lipinski definition) is 1. The second-order valence-corrected chi connectivity index (χ2v) is 5.57. The molecule has 1 aromatic rings. The van der Waals surface area contributed by atoms with E-state index in [9.17, 15) is 4.79 Å². The number of nitrogens with zero attached hydrogens (tertiary/aromatic N) is 2. The lowest BCUT2D eigenvalue weighted by Gasteiger charge is -2.34. The van der Waals surface area contributed by atoms with Crippen molar-refractivity contribution in [1.29, 1.82) is 0 Å². The van der Waals surface area contributed by atoms with Crippen molar-refractivity contribution in [3.63, 3.8) is 0 Å². The smallest absolute Gasteiger partial charge is 0.407 e. The molecule has 0 bridgehead atoms. The first-order valence-electron chi connectivity index (χ1n) is 7.55. The van der Waals surface area contributed by atoms with E-state index >= 15 is 0 Å². The minimum absolute atomic E-state index is 0.557. The molecule has 2 rings (SSSR count). The van der Waals surface area contributed by atoms with Gasteiger partial charge in [0.2, 0.25) is 0 Å². The molecule has 1 heterocycles. The maximum absolute atomic E-state index is 10.9. The third-order valence-electron chi connectivity index (χ3n) is 3.98. The van der Waals surface area contributed by atoms with Crippen molar-refractivity contribution in [1.82, 2.24) is 4.90 Å². The number of amides is 1. The summed E-state index contributed by atoms with van der Waals surface area (Å²) in [5.74, 6) is 1.46. The zero-order valence-corrected chi connectivity index (χ0v) is 12.8. The third kappa shape index (κ3) is 4.28. The molecular weight excluding hydrogens is 268 g/mol. The summed E-state index contributed by atoms with van der Waals surface area (Å²) in [4.78, 5) is 14.5. The number of benzene rings is 1. The van der Waals surface area contributed by atoms with E-state index in [1.165, 1.54) is 4.90 Å². The quantitative estimate of drug-likeness (QED) is 0.906. The van der Waals surface area contributed by atoms with Crippen molar-refractivity contribution in [3.8, 4) is 5.75 Å². The average molecular weight is 292 g/mol. The molecule has 0 saturated carbocycles. The highest BCUT2D eigenvalue weighted by Crippen LogP contribution is 2.21. The Bertz CT molecular complexity index is 453. The summed E-state index contributed by atoms with van der Waals surface area (Å²) in [6, 6.07) is 8.06. The lowest BCUT2D eigenvalue weighted by atomic mass is 10.1. The van der Waals surface area contributed by atoms with E-state index in [0.717, 1.165) is 37.6 Å². The van der Waals surface area contributed by atoms with E-state index in [1.54, 1.807) is 0 Å². The molecule has 1 fully saturated rings. The van der Waals surface area contributed by atoms with Crippen molar-refractivity contribution >= 4 is 11.8 Å². The average Bonchev–Trinajstić information content (AvgIpc) is 2.53. The maximum Gasteiger partial charge on any atom is 0.407 e. The highest BCUT2D eigenvalue weighted by molar-refractivity contribution is 5.65. The summed E-state index contributed by atoms with van der Waals surface area (Å²) in [6.45, 7) is 7.67. The minimum atomic E-state index is -0.830. The molecule has 0 aliphatic carbocycles. The molecule has 5 nitrogen and oxygen atoms in total. The van der Waals surface area contributed by atoms with Crippen molar-refractivity contribution < 1.29 is 14.6 Å². The van der Waals surface area contributed by atoms with Crippen LogP contribution in [0.4, 0.5) is 10.5 Å². The molecule has 21 heavy (non-hydrogen) atoms. The summed E-state index contributed by atoms with van der Waals surface area (Å²) in [5.41, 5.74) is 1.12. The van der Waals surface area contributed by atoms with Gasteiger partial charge in [-0.1, -0.05) is 20.3 Å². The molecule has 116 valence electrons. The number of hydrogen-bond acceptors (Lipinski definition) is 3. The fourth-order valence-electron chi connectivity index (χ4n) is 2.27. The Labute approximate surface area is 126 Å². The molecule has 1 amide bonds. The van der Waals surface area contributed by atoms with Crippen molar-refractivity contribution in [2.45, 2.75) is 20.3 Å². The number of anilines is 1. The molecule has 5 heteroatoms. The van der Waals surface area contributed by atoms with E-state index in [0.29, 0.717) is 19.0 Å². The third-order valence-corrected chi connectivity index (χ3v) is 3.98. The number of rotatable bonds is 5. The van der Waals surface area contributed by atoms with E-state index in [4.69, 9.17) is 9.84 Å². The molecule has 1 aromatic carbocycles. The number of ether oxygens (including phenoxy) is 1. The summed E-state index contributed by atoms with van der Waals surface area (Å²) in [6.07, 6.45) is 0.287. The van der Waals surface area contributed by atoms with Crippen LogP contribution in [0, 0.1) is 5.92 Å². The van der Waals surface area contributed by atoms with Gasteiger partial charge in [0, 0.05) is 31.9 Å². The monoisotopic (exact) mass is 292 g/mol. The van der Waals surface area contributed by atoms with Gasteiger partial charge in [0.25, 0.3) is 0 Å². The first-order valence-corrected chi connectivity index (χ1v) is 7.55. The van der Waals surface area contributed by atoms with Crippen molar-refractivity contribution in [3.05, 3.63) is 24.3 Å². The molecule has 0 spiro atoms. The Balaban J connectivity index is 1.86. The van der Waals surface area contributed by atoms with E-state index in [2.05, 4.69) is 18.7 Å². The number of piperazine rings is 1. The van der Waals surface area contributed by atoms with Crippen LogP contribution >= 0.6 is 0 Å². The van der Waals surface area contributed by atoms with Crippen LogP contribution in [0.25, 0.3) is 0 Å². The highest BCUT2D eigenvalue weighted by atomic mass is 16.5. The largest absolute Gasteiger partial charge is 0.493 e. The topological polar surface area (TPSA) is 53.0 Å². The predicted molar refractivity (Wildman–Crippen MR) is 83.2 cm³/mol. The standard InChI is InChI=1S/C16H24N2O3/c1-3-13(2)12-21-15-6-4-14(5-7-15)17-8-10-18(11-9-17)16(19)20/h4-7,13H,3,8-12H2,1-2H3,(H,19,20). The van der Waals surface area contributed by atoms with Crippen LogP contribution in [0.1, 0.15) is 20.3 Å². The van der Waals surface area contributed by atoms with Gasteiger partial charge in [-0.05, 0) is 30.2 Å². The van der Waals surface area contributed by atoms with Crippen LogP contribution in [0.2, 0.25) is 0 Å². The van der Waals surface area contributed by atoms with Crippen LogP contribution in [-0.2, 0) is 0 Å². The second-order valence-electron chi connectivity index (χ2n) is 5.57. The highest BCUT2D eigenvalue weighted by Gasteiger charge is 2.20.